The van der Waals surface area contributed by atoms with E-state index in [2.05, 4.69) is 41.1 Å². The molecular weight excluding hydrogens is 418 g/mol. The number of thiophene rings is 1. The van der Waals surface area contributed by atoms with Gasteiger partial charge >= 0.3 is 0 Å². The Hall–Kier alpha value is -1.63. The minimum Gasteiger partial charge on any atom is -0.497 e. The molecule has 1 aliphatic heterocycles. The molecule has 25 heavy (non-hydrogen) atoms. The predicted octanol–water partition coefficient (Wildman–Crippen LogP) is 5.54. The molecule has 0 spiro atoms. The third-order valence-electron chi connectivity index (χ3n) is 4.34. The monoisotopic (exact) mass is 433 g/mol. The quantitative estimate of drug-likeness (QED) is 0.542. The van der Waals surface area contributed by atoms with Crippen molar-refractivity contribution >= 4 is 43.9 Å². The first kappa shape index (κ1) is 16.8. The van der Waals surface area contributed by atoms with Crippen LogP contribution in [0.1, 0.15) is 11.1 Å². The lowest BCUT2D eigenvalue weighted by Gasteiger charge is -2.30. The summed E-state index contributed by atoms with van der Waals surface area (Å²) in [5, 5.41) is 0. The maximum absolute atomic E-state index is 13.3. The molecule has 0 saturated heterocycles. The van der Waals surface area contributed by atoms with Gasteiger partial charge in [0, 0.05) is 0 Å². The molecule has 3 aromatic rings. The molecule has 1 unspecified atom stereocenters. The van der Waals surface area contributed by atoms with Gasteiger partial charge in [0.2, 0.25) is 0 Å². The van der Waals surface area contributed by atoms with Gasteiger partial charge in [0.25, 0.3) is 0 Å². The van der Waals surface area contributed by atoms with Gasteiger partial charge in [-0.1, -0.05) is 24.3 Å². The SMILES string of the molecule is COc1ccc(S(=O)N2Cc3ccccc3-c3sc(Br)c(C)c32)cc1. The molecule has 0 bridgehead atoms. The third-order valence-corrected chi connectivity index (χ3v) is 7.91. The van der Waals surface area contributed by atoms with Crippen molar-refractivity contribution in [1.82, 2.24) is 0 Å². The summed E-state index contributed by atoms with van der Waals surface area (Å²) in [7, 11) is 0.349. The van der Waals surface area contributed by atoms with Crippen molar-refractivity contribution in [2.45, 2.75) is 18.4 Å². The Morgan fingerprint density at radius 3 is 2.60 bits per heavy atom. The molecule has 0 fully saturated rings. The zero-order valence-corrected chi connectivity index (χ0v) is 17.0. The summed E-state index contributed by atoms with van der Waals surface area (Å²) >= 11 is 5.36. The van der Waals surface area contributed by atoms with E-state index in [1.54, 1.807) is 18.4 Å². The highest BCUT2D eigenvalue weighted by Gasteiger charge is 2.30. The number of benzene rings is 2. The van der Waals surface area contributed by atoms with E-state index in [1.807, 2.05) is 34.6 Å². The van der Waals surface area contributed by atoms with E-state index in [0.29, 0.717) is 6.54 Å². The number of halogens is 1. The number of methoxy groups -OCH3 is 1. The summed E-state index contributed by atoms with van der Waals surface area (Å²) in [6.07, 6.45) is 0. The predicted molar refractivity (Wildman–Crippen MR) is 108 cm³/mol. The van der Waals surface area contributed by atoms with Gasteiger partial charge in [-0.2, -0.15) is 0 Å². The van der Waals surface area contributed by atoms with Crippen molar-refractivity contribution < 1.29 is 8.95 Å². The fourth-order valence-corrected chi connectivity index (χ4v) is 6.14. The fourth-order valence-electron chi connectivity index (χ4n) is 3.04. The molecule has 0 radical (unpaired) electrons. The minimum atomic E-state index is -1.28. The first-order chi connectivity index (χ1) is 12.1. The van der Waals surface area contributed by atoms with Crippen molar-refractivity contribution in [2.24, 2.45) is 0 Å². The van der Waals surface area contributed by atoms with Crippen molar-refractivity contribution in [3.05, 3.63) is 63.4 Å². The van der Waals surface area contributed by atoms with E-state index in [9.17, 15) is 4.21 Å². The van der Waals surface area contributed by atoms with Gasteiger partial charge in [0.1, 0.15) is 5.75 Å². The van der Waals surface area contributed by atoms with Crippen LogP contribution in [0, 0.1) is 6.92 Å². The molecule has 0 amide bonds. The molecule has 2 heterocycles. The van der Waals surface area contributed by atoms with Crippen LogP contribution < -0.4 is 9.04 Å². The van der Waals surface area contributed by atoms with E-state index in [0.717, 1.165) is 25.7 Å². The summed E-state index contributed by atoms with van der Waals surface area (Å²) in [4.78, 5) is 1.95. The number of hydrogen-bond acceptors (Lipinski definition) is 3. The van der Waals surface area contributed by atoms with Crippen LogP contribution in [0.4, 0.5) is 5.69 Å². The van der Waals surface area contributed by atoms with Crippen LogP contribution in [-0.4, -0.2) is 11.3 Å². The maximum Gasteiger partial charge on any atom is 0.153 e. The largest absolute Gasteiger partial charge is 0.497 e. The topological polar surface area (TPSA) is 29.5 Å². The van der Waals surface area contributed by atoms with Gasteiger partial charge in [-0.3, -0.25) is 4.31 Å². The van der Waals surface area contributed by atoms with Gasteiger partial charge in [0.05, 0.1) is 32.9 Å². The number of nitrogens with zero attached hydrogens (tertiary/aromatic N) is 1. The molecule has 4 rings (SSSR count). The lowest BCUT2D eigenvalue weighted by atomic mass is 10.0. The lowest BCUT2D eigenvalue weighted by molar-refractivity contribution is 0.414. The highest BCUT2D eigenvalue weighted by Crippen LogP contribution is 2.50. The zero-order valence-electron chi connectivity index (χ0n) is 13.8. The second-order valence-corrected chi connectivity index (χ2v) is 9.55. The van der Waals surface area contributed by atoms with E-state index in [4.69, 9.17) is 4.74 Å². The number of fused-ring (bicyclic) bond motifs is 3. The number of rotatable bonds is 3. The molecule has 1 aromatic heterocycles. The second-order valence-electron chi connectivity index (χ2n) is 5.80. The number of anilines is 1. The highest BCUT2D eigenvalue weighted by molar-refractivity contribution is 9.11. The van der Waals surface area contributed by atoms with Crippen LogP contribution in [0.15, 0.2) is 57.2 Å². The maximum atomic E-state index is 13.3. The van der Waals surface area contributed by atoms with E-state index < -0.39 is 11.0 Å². The van der Waals surface area contributed by atoms with Crippen LogP contribution in [-0.2, 0) is 17.5 Å². The van der Waals surface area contributed by atoms with E-state index >= 15 is 0 Å². The Morgan fingerprint density at radius 1 is 1.16 bits per heavy atom. The van der Waals surface area contributed by atoms with Gasteiger partial charge in [0.15, 0.2) is 11.0 Å². The smallest absolute Gasteiger partial charge is 0.153 e. The van der Waals surface area contributed by atoms with Crippen LogP contribution in [0.25, 0.3) is 10.4 Å². The fraction of sp³-hybridized carbons (Fsp3) is 0.158. The highest BCUT2D eigenvalue weighted by atomic mass is 79.9. The van der Waals surface area contributed by atoms with Crippen molar-refractivity contribution in [3.8, 4) is 16.2 Å². The Kier molecular flexibility index (Phi) is 4.43. The number of ether oxygens (including phenoxy) is 1. The van der Waals surface area contributed by atoms with Crippen LogP contribution in [0.3, 0.4) is 0 Å². The van der Waals surface area contributed by atoms with E-state index in [1.165, 1.54) is 16.0 Å². The molecule has 3 nitrogen and oxygen atoms in total. The Morgan fingerprint density at radius 2 is 1.88 bits per heavy atom. The summed E-state index contributed by atoms with van der Waals surface area (Å²) in [6.45, 7) is 2.71. The molecule has 2 aromatic carbocycles. The molecule has 1 aliphatic rings. The summed E-state index contributed by atoms with van der Waals surface area (Å²) in [6, 6.07) is 15.8. The van der Waals surface area contributed by atoms with E-state index in [-0.39, 0.29) is 0 Å². The minimum absolute atomic E-state index is 0.631. The Bertz CT molecular complexity index is 966. The van der Waals surface area contributed by atoms with Gasteiger partial charge in [-0.05, 0) is 63.8 Å². The Balaban J connectivity index is 1.82. The molecule has 0 N–H and O–H groups in total. The molecule has 1 atom stereocenters. The normalized spacial score (nSPS) is 14.0. The standard InChI is InChI=1S/C19H16BrNO2S2/c1-12-17-18(24-19(12)20)16-6-4-3-5-13(16)11-21(17)25(22)15-9-7-14(23-2)8-10-15/h3-10H,11H2,1-2H3. The third kappa shape index (κ3) is 2.82. The zero-order chi connectivity index (χ0) is 17.6. The molecular formula is C19H16BrNO2S2. The van der Waals surface area contributed by atoms with Crippen LogP contribution >= 0.6 is 27.3 Å². The van der Waals surface area contributed by atoms with Crippen molar-refractivity contribution in [3.63, 3.8) is 0 Å². The summed E-state index contributed by atoms with van der Waals surface area (Å²) in [5.41, 5.74) is 4.63. The van der Waals surface area contributed by atoms with Crippen molar-refractivity contribution in [2.75, 3.05) is 11.4 Å². The first-order valence-corrected chi connectivity index (χ1v) is 10.5. The Labute approximate surface area is 162 Å². The van der Waals surface area contributed by atoms with Gasteiger partial charge in [-0.15, -0.1) is 11.3 Å². The summed E-state index contributed by atoms with van der Waals surface area (Å²) < 4.78 is 21.6. The van der Waals surface area contributed by atoms with Crippen LogP contribution in [0.5, 0.6) is 5.75 Å². The average Bonchev–Trinajstić information content (AvgIpc) is 2.96. The van der Waals surface area contributed by atoms with Gasteiger partial charge < -0.3 is 4.74 Å². The molecule has 6 heteroatoms. The average molecular weight is 434 g/mol. The summed E-state index contributed by atoms with van der Waals surface area (Å²) in [5.74, 6) is 0.764. The second kappa shape index (κ2) is 6.59. The molecule has 0 aliphatic carbocycles. The molecule has 128 valence electrons. The lowest BCUT2D eigenvalue weighted by Crippen LogP contribution is -2.28. The van der Waals surface area contributed by atoms with Crippen LogP contribution in [0.2, 0.25) is 0 Å². The number of hydrogen-bond donors (Lipinski definition) is 0. The van der Waals surface area contributed by atoms with Crippen molar-refractivity contribution in [1.29, 1.82) is 0 Å². The first-order valence-electron chi connectivity index (χ1n) is 7.81. The van der Waals surface area contributed by atoms with Gasteiger partial charge in [-0.25, -0.2) is 4.21 Å². The molecule has 0 saturated carbocycles.